The summed E-state index contributed by atoms with van der Waals surface area (Å²) in [5, 5.41) is 1.79. The smallest absolute Gasteiger partial charge is 1.00 e. The van der Waals surface area contributed by atoms with E-state index in [4.69, 9.17) is 0 Å². The Balaban J connectivity index is 0.000000735. The first-order valence-corrected chi connectivity index (χ1v) is 11.7. The standard InChI is InChI=1S/C16H15P.2ClH.Hf/c1-2-17(14-8-4-5-9-14)16-12-11-13-7-3-6-10-15(13)16;;;/h3-4,6-8,10-12H,2,5H2,1H3;2*1H;/q;;;+2/p-2. The maximum atomic E-state index is 2.60. The van der Waals surface area contributed by atoms with Crippen LogP contribution in [-0.4, -0.2) is 6.16 Å². The van der Waals surface area contributed by atoms with Crippen LogP contribution in [0.3, 0.4) is 0 Å². The van der Waals surface area contributed by atoms with Gasteiger partial charge in [0.25, 0.3) is 0 Å². The van der Waals surface area contributed by atoms with Crippen LogP contribution in [0.5, 0.6) is 0 Å². The molecule has 1 aromatic rings. The van der Waals surface area contributed by atoms with Crippen LogP contribution >= 0.6 is 7.92 Å². The summed E-state index contributed by atoms with van der Waals surface area (Å²) in [5.74, 6) is 0. The number of allylic oxidation sites excluding steroid dienone is 5. The summed E-state index contributed by atoms with van der Waals surface area (Å²) < 4.78 is 2.44. The quantitative estimate of drug-likeness (QED) is 0.339. The van der Waals surface area contributed by atoms with Crippen LogP contribution in [0.2, 0.25) is 0 Å². The molecule has 20 heavy (non-hydrogen) atoms. The first-order valence-electron chi connectivity index (χ1n) is 6.59. The maximum absolute atomic E-state index is 2.60. The van der Waals surface area contributed by atoms with Crippen molar-refractivity contribution in [2.75, 3.05) is 6.16 Å². The number of benzene rings is 1. The minimum absolute atomic E-state index is 0. The van der Waals surface area contributed by atoms with E-state index in [2.05, 4.69) is 55.5 Å². The van der Waals surface area contributed by atoms with Crippen molar-refractivity contribution in [2.45, 2.75) is 16.3 Å². The average Bonchev–Trinajstić information content (AvgIpc) is 3.05. The van der Waals surface area contributed by atoms with Gasteiger partial charge in [-0.25, -0.2) is 0 Å². The van der Waals surface area contributed by atoms with E-state index in [1.807, 2.05) is 3.33 Å². The van der Waals surface area contributed by atoms with Crippen molar-refractivity contribution in [3.8, 4) is 0 Å². The number of halogens is 2. The molecule has 0 radical (unpaired) electrons. The Morgan fingerprint density at radius 2 is 2.00 bits per heavy atom. The summed E-state index contributed by atoms with van der Waals surface area (Å²) in [6.07, 6.45) is 12.5. The molecule has 0 nitrogen and oxygen atoms in total. The van der Waals surface area contributed by atoms with Gasteiger partial charge in [0.15, 0.2) is 0 Å². The van der Waals surface area contributed by atoms with E-state index in [1.54, 1.807) is 10.9 Å². The molecule has 2 unspecified atom stereocenters. The molecule has 0 saturated heterocycles. The van der Waals surface area contributed by atoms with Gasteiger partial charge in [-0.15, -0.1) is 0 Å². The molecule has 3 aliphatic rings. The summed E-state index contributed by atoms with van der Waals surface area (Å²) in [4.78, 5) is 0. The van der Waals surface area contributed by atoms with E-state index in [9.17, 15) is 0 Å². The Labute approximate surface area is 145 Å². The molecule has 4 rings (SSSR count). The minimum atomic E-state index is -0.739. The number of fused-ring (bicyclic) bond motifs is 2. The van der Waals surface area contributed by atoms with Crippen molar-refractivity contribution in [3.05, 3.63) is 62.3 Å². The zero-order valence-corrected chi connectivity index (χ0v) is 17.2. The maximum Gasteiger partial charge on any atom is -1.00 e. The van der Waals surface area contributed by atoms with Crippen molar-refractivity contribution >= 4 is 14.0 Å². The zero-order chi connectivity index (χ0) is 12.2. The third-order valence-electron chi connectivity index (χ3n) is 4.16. The SMILES string of the molecule is CCP1C2=[C](CC=C2)[Hf+2][C]12C=Cc1ccccc12.[Cl-].[Cl-]. The number of rotatable bonds is 1. The summed E-state index contributed by atoms with van der Waals surface area (Å²) in [7, 11) is 0.0372. The van der Waals surface area contributed by atoms with E-state index >= 15 is 0 Å². The van der Waals surface area contributed by atoms with Gasteiger partial charge in [0.2, 0.25) is 0 Å². The Bertz CT molecular complexity index is 621. The molecule has 1 heterocycles. The van der Waals surface area contributed by atoms with Crippen LogP contribution < -0.4 is 24.8 Å². The molecule has 1 aliphatic heterocycles. The third kappa shape index (κ3) is 2.17. The second-order valence-electron chi connectivity index (χ2n) is 5.03. The van der Waals surface area contributed by atoms with Crippen LogP contribution in [-0.2, 0) is 25.8 Å². The van der Waals surface area contributed by atoms with E-state index in [0.717, 1.165) is 0 Å². The van der Waals surface area contributed by atoms with Crippen LogP contribution in [0.4, 0.5) is 0 Å². The average molecular weight is 488 g/mol. The van der Waals surface area contributed by atoms with Crippen LogP contribution in [0, 0.1) is 0 Å². The molecular weight excluding hydrogens is 473 g/mol. The van der Waals surface area contributed by atoms with Crippen LogP contribution in [0.15, 0.2) is 51.1 Å². The normalized spacial score (nSPS) is 27.6. The molecule has 1 spiro atoms. The topological polar surface area (TPSA) is 0 Å². The molecule has 0 bridgehead atoms. The second kappa shape index (κ2) is 6.21. The fourth-order valence-electron chi connectivity index (χ4n) is 3.40. The first-order chi connectivity index (χ1) is 8.85. The van der Waals surface area contributed by atoms with Gasteiger partial charge in [0.1, 0.15) is 0 Å². The molecule has 0 aromatic heterocycles. The van der Waals surface area contributed by atoms with Crippen LogP contribution in [0.25, 0.3) is 6.08 Å². The van der Waals surface area contributed by atoms with Gasteiger partial charge in [-0.1, -0.05) is 0 Å². The number of hydrogen-bond donors (Lipinski definition) is 0. The Morgan fingerprint density at radius 3 is 2.80 bits per heavy atom. The van der Waals surface area contributed by atoms with Gasteiger partial charge in [0.05, 0.1) is 0 Å². The number of hydrogen-bond acceptors (Lipinski definition) is 0. The molecule has 2 atom stereocenters. The van der Waals surface area contributed by atoms with Crippen molar-refractivity contribution in [1.29, 1.82) is 0 Å². The third-order valence-corrected chi connectivity index (χ3v) is 17.3. The van der Waals surface area contributed by atoms with Gasteiger partial charge < -0.3 is 24.8 Å². The van der Waals surface area contributed by atoms with Crippen molar-refractivity contribution in [2.24, 2.45) is 0 Å². The molecular formula is C16H15Cl2HfP. The molecule has 0 fully saturated rings. The second-order valence-corrected chi connectivity index (χ2v) is 15.1. The van der Waals surface area contributed by atoms with E-state index in [1.165, 1.54) is 18.1 Å². The van der Waals surface area contributed by atoms with E-state index in [-0.39, 0.29) is 32.7 Å². The van der Waals surface area contributed by atoms with Crippen molar-refractivity contribution in [3.63, 3.8) is 0 Å². The van der Waals surface area contributed by atoms with Gasteiger partial charge in [0, 0.05) is 0 Å². The first kappa shape index (κ1) is 16.7. The zero-order valence-electron chi connectivity index (χ0n) is 11.2. The predicted molar refractivity (Wildman–Crippen MR) is 75.4 cm³/mol. The fourth-order valence-corrected chi connectivity index (χ4v) is 18.8. The predicted octanol–water partition coefficient (Wildman–Crippen LogP) is -1.36. The molecule has 102 valence electrons. The molecule has 4 heteroatoms. The molecule has 0 N–H and O–H groups in total. The van der Waals surface area contributed by atoms with Gasteiger partial charge in [-0.05, 0) is 0 Å². The molecule has 1 aromatic carbocycles. The van der Waals surface area contributed by atoms with E-state index < -0.39 is 22.9 Å². The monoisotopic (exact) mass is 488 g/mol. The van der Waals surface area contributed by atoms with Crippen molar-refractivity contribution in [1.82, 2.24) is 0 Å². The minimum Gasteiger partial charge on any atom is -1.00 e. The molecule has 2 aliphatic carbocycles. The summed E-state index contributed by atoms with van der Waals surface area (Å²) in [6, 6.07) is 9.12. The van der Waals surface area contributed by atoms with Gasteiger partial charge in [-0.3, -0.25) is 0 Å². The Morgan fingerprint density at radius 1 is 1.20 bits per heavy atom. The molecule has 0 saturated carbocycles. The fraction of sp³-hybridized carbons (Fsp3) is 0.250. The van der Waals surface area contributed by atoms with Gasteiger partial charge >= 0.3 is 122 Å². The Kier molecular flexibility index (Phi) is 5.18. The summed E-state index contributed by atoms with van der Waals surface area (Å²) in [6.45, 7) is 2.40. The van der Waals surface area contributed by atoms with E-state index in [0.29, 0.717) is 2.91 Å². The van der Waals surface area contributed by atoms with Crippen molar-refractivity contribution < 1.29 is 47.7 Å². The molecule has 0 amide bonds. The summed E-state index contributed by atoms with van der Waals surface area (Å²) >= 11 is -0.739. The largest absolute Gasteiger partial charge is 1.00 e. The summed E-state index contributed by atoms with van der Waals surface area (Å²) in [5.41, 5.74) is 3.17. The van der Waals surface area contributed by atoms with Gasteiger partial charge in [-0.2, -0.15) is 0 Å². The Hall–Kier alpha value is 0.320. The van der Waals surface area contributed by atoms with Crippen LogP contribution in [0.1, 0.15) is 24.5 Å².